The van der Waals surface area contributed by atoms with Crippen LogP contribution < -0.4 is 20.1 Å². The minimum atomic E-state index is -0.220. The summed E-state index contributed by atoms with van der Waals surface area (Å²) < 4.78 is 11.9. The number of nitrogens with one attached hydrogen (secondary N) is 1. The number of quaternary nitrogens is 1. The molecule has 0 saturated carbocycles. The molecule has 2 aromatic rings. The van der Waals surface area contributed by atoms with Crippen molar-refractivity contribution in [1.29, 1.82) is 0 Å². The van der Waals surface area contributed by atoms with Gasteiger partial charge in [-0.25, -0.2) is 0 Å². The van der Waals surface area contributed by atoms with Crippen molar-refractivity contribution in [3.63, 3.8) is 0 Å². The number of hydrogen-bond acceptors (Lipinski definition) is 3. The third-order valence-corrected chi connectivity index (χ3v) is 3.91. The lowest BCUT2D eigenvalue weighted by Crippen LogP contribution is -2.81. The Balaban J connectivity index is 1.92. The van der Waals surface area contributed by atoms with Gasteiger partial charge in [0.25, 0.3) is 5.91 Å². The molecule has 3 N–H and O–H groups in total. The van der Waals surface area contributed by atoms with Gasteiger partial charge < -0.3 is 20.1 Å². The predicted molar refractivity (Wildman–Crippen MR) is 97.4 cm³/mol. The van der Waals surface area contributed by atoms with Crippen LogP contribution in [0, 0.1) is 0 Å². The first kappa shape index (κ1) is 18.3. The van der Waals surface area contributed by atoms with Crippen LogP contribution in [0.2, 0.25) is 0 Å². The van der Waals surface area contributed by atoms with E-state index in [0.29, 0.717) is 11.5 Å². The summed E-state index contributed by atoms with van der Waals surface area (Å²) in [7, 11) is 1.59. The Hall–Kier alpha value is -2.05. The molecule has 0 unspecified atom stereocenters. The third-order valence-electron chi connectivity index (χ3n) is 3.38. The molecule has 24 heavy (non-hydrogen) atoms. The number of halogens is 1. The van der Waals surface area contributed by atoms with Gasteiger partial charge in [-0.1, -0.05) is 15.9 Å². The molecule has 0 aromatic heterocycles. The van der Waals surface area contributed by atoms with Gasteiger partial charge in [-0.15, -0.1) is 0 Å². The van der Waals surface area contributed by atoms with Crippen molar-refractivity contribution in [3.8, 4) is 11.5 Å². The first-order valence-corrected chi connectivity index (χ1v) is 8.58. The van der Waals surface area contributed by atoms with Crippen molar-refractivity contribution in [2.24, 2.45) is 0 Å². The summed E-state index contributed by atoms with van der Waals surface area (Å²) in [6.07, 6.45) is 0. The Labute approximate surface area is 150 Å². The summed E-state index contributed by atoms with van der Waals surface area (Å²) in [4.78, 5) is 12.0. The molecule has 2 rings (SSSR count). The van der Waals surface area contributed by atoms with Crippen LogP contribution in [0.25, 0.3) is 0 Å². The van der Waals surface area contributed by atoms with E-state index in [1.165, 1.54) is 0 Å². The Morgan fingerprint density at radius 2 is 1.92 bits per heavy atom. The maximum Gasteiger partial charge on any atom is 0.262 e. The topological polar surface area (TPSA) is 64.2 Å². The zero-order chi connectivity index (χ0) is 17.4. The number of benzene rings is 2. The van der Waals surface area contributed by atoms with Crippen LogP contribution in [0.1, 0.15) is 12.5 Å². The summed E-state index contributed by atoms with van der Waals surface area (Å²) in [5.41, 5.74) is 1.88. The number of hydrogen-bond donors (Lipinski definition) is 2. The minimum Gasteiger partial charge on any atom is -0.493 e. The summed E-state index contributed by atoms with van der Waals surface area (Å²) >= 11 is 3.36. The second-order valence-corrected chi connectivity index (χ2v) is 6.15. The highest BCUT2D eigenvalue weighted by Gasteiger charge is 2.09. The fourth-order valence-electron chi connectivity index (χ4n) is 2.14. The molecule has 0 atom stereocenters. The van der Waals surface area contributed by atoms with Crippen LogP contribution in [0.5, 0.6) is 11.5 Å². The van der Waals surface area contributed by atoms with Gasteiger partial charge in [-0.2, -0.15) is 0 Å². The van der Waals surface area contributed by atoms with E-state index in [0.717, 1.165) is 28.8 Å². The number of nitrogens with two attached hydrogens (primary N) is 1. The number of amides is 1. The van der Waals surface area contributed by atoms with Crippen molar-refractivity contribution in [3.05, 3.63) is 52.5 Å². The lowest BCUT2D eigenvalue weighted by molar-refractivity contribution is -0.667. The highest BCUT2D eigenvalue weighted by atomic mass is 79.9. The predicted octanol–water partition coefficient (Wildman–Crippen LogP) is 2.56. The normalized spacial score (nSPS) is 10.3. The van der Waals surface area contributed by atoms with Crippen LogP contribution in [0.3, 0.4) is 0 Å². The SMILES string of the molecule is CC[NH2+]Cc1ccc(OCC(=O)Nc2ccc(Br)cc2)c(OC)c1. The van der Waals surface area contributed by atoms with E-state index in [4.69, 9.17) is 9.47 Å². The first-order valence-electron chi connectivity index (χ1n) is 7.79. The number of carbonyl (C=O) groups is 1. The van der Waals surface area contributed by atoms with Gasteiger partial charge in [0.05, 0.1) is 13.7 Å². The number of anilines is 1. The summed E-state index contributed by atoms with van der Waals surface area (Å²) in [5.74, 6) is 0.972. The Bertz CT molecular complexity index is 674. The van der Waals surface area contributed by atoms with Crippen molar-refractivity contribution in [2.45, 2.75) is 13.5 Å². The van der Waals surface area contributed by atoms with Crippen LogP contribution in [-0.2, 0) is 11.3 Å². The highest BCUT2D eigenvalue weighted by Crippen LogP contribution is 2.27. The quantitative estimate of drug-likeness (QED) is 0.724. The Morgan fingerprint density at radius 3 is 2.58 bits per heavy atom. The van der Waals surface area contributed by atoms with Gasteiger partial charge in [-0.05, 0) is 49.4 Å². The average Bonchev–Trinajstić information content (AvgIpc) is 2.60. The zero-order valence-corrected chi connectivity index (χ0v) is 15.4. The standard InChI is InChI=1S/C18H21BrN2O3/c1-3-20-11-13-4-9-16(17(10-13)23-2)24-12-18(22)21-15-7-5-14(19)6-8-15/h4-10,20H,3,11-12H2,1-2H3,(H,21,22)/p+1. The molecule has 0 bridgehead atoms. The molecule has 0 aliphatic heterocycles. The summed E-state index contributed by atoms with van der Waals surface area (Å²) in [5, 5.41) is 4.98. The maximum atomic E-state index is 12.0. The number of rotatable bonds is 8. The largest absolute Gasteiger partial charge is 0.493 e. The van der Waals surface area contributed by atoms with Gasteiger partial charge >= 0.3 is 0 Å². The molecule has 0 fully saturated rings. The van der Waals surface area contributed by atoms with Crippen LogP contribution in [0.4, 0.5) is 5.69 Å². The zero-order valence-electron chi connectivity index (χ0n) is 13.8. The molecular weight excluding hydrogens is 372 g/mol. The Kier molecular flexibility index (Phi) is 7.08. The monoisotopic (exact) mass is 393 g/mol. The first-order chi connectivity index (χ1) is 11.6. The van der Waals surface area contributed by atoms with Crippen LogP contribution in [0.15, 0.2) is 46.9 Å². The van der Waals surface area contributed by atoms with Gasteiger partial charge in [-0.3, -0.25) is 4.79 Å². The van der Waals surface area contributed by atoms with E-state index in [2.05, 4.69) is 33.5 Å². The second-order valence-electron chi connectivity index (χ2n) is 5.23. The van der Waals surface area contributed by atoms with Crippen molar-refractivity contribution >= 4 is 27.5 Å². The molecule has 0 radical (unpaired) electrons. The summed E-state index contributed by atoms with van der Waals surface area (Å²) in [6.45, 7) is 3.94. The maximum absolute atomic E-state index is 12.0. The van der Waals surface area contributed by atoms with E-state index in [1.807, 2.05) is 42.5 Å². The van der Waals surface area contributed by atoms with Gasteiger partial charge in [0.2, 0.25) is 0 Å². The average molecular weight is 394 g/mol. The molecule has 0 aliphatic carbocycles. The van der Waals surface area contributed by atoms with E-state index in [9.17, 15) is 4.79 Å². The van der Waals surface area contributed by atoms with Crippen LogP contribution >= 0.6 is 15.9 Å². The van der Waals surface area contributed by atoms with Crippen molar-refractivity contribution in [2.75, 3.05) is 25.6 Å². The van der Waals surface area contributed by atoms with Crippen molar-refractivity contribution in [1.82, 2.24) is 0 Å². The fraction of sp³-hybridized carbons (Fsp3) is 0.278. The highest BCUT2D eigenvalue weighted by molar-refractivity contribution is 9.10. The molecule has 1 amide bonds. The molecule has 0 saturated heterocycles. The van der Waals surface area contributed by atoms with Gasteiger partial charge in [0.15, 0.2) is 18.1 Å². The molecule has 0 aliphatic rings. The van der Waals surface area contributed by atoms with E-state index in [-0.39, 0.29) is 12.5 Å². The smallest absolute Gasteiger partial charge is 0.262 e. The van der Waals surface area contributed by atoms with E-state index in [1.54, 1.807) is 7.11 Å². The number of carbonyl (C=O) groups excluding carboxylic acids is 1. The third kappa shape index (κ3) is 5.54. The second kappa shape index (κ2) is 9.30. The minimum absolute atomic E-state index is 0.0765. The molecule has 0 heterocycles. The molecule has 0 spiro atoms. The molecule has 6 heteroatoms. The lowest BCUT2D eigenvalue weighted by atomic mass is 10.2. The molecule has 128 valence electrons. The van der Waals surface area contributed by atoms with Gasteiger partial charge in [0, 0.05) is 15.7 Å². The molecular formula is C18H22BrN2O3+. The summed E-state index contributed by atoms with van der Waals surface area (Å²) in [6, 6.07) is 13.1. The number of ether oxygens (including phenoxy) is 2. The van der Waals surface area contributed by atoms with Crippen LogP contribution in [-0.4, -0.2) is 26.2 Å². The molecule has 5 nitrogen and oxygen atoms in total. The number of methoxy groups -OCH3 is 1. The van der Waals surface area contributed by atoms with E-state index < -0.39 is 0 Å². The fourth-order valence-corrected chi connectivity index (χ4v) is 2.41. The van der Waals surface area contributed by atoms with Crippen molar-refractivity contribution < 1.29 is 19.6 Å². The van der Waals surface area contributed by atoms with Gasteiger partial charge in [0.1, 0.15) is 6.54 Å². The molecule has 2 aromatic carbocycles. The Morgan fingerprint density at radius 1 is 1.17 bits per heavy atom. The van der Waals surface area contributed by atoms with E-state index >= 15 is 0 Å². The lowest BCUT2D eigenvalue weighted by Gasteiger charge is -2.12.